The van der Waals surface area contributed by atoms with Gasteiger partial charge in [-0.1, -0.05) is 48.9 Å². The molecule has 33 heavy (non-hydrogen) atoms. The lowest BCUT2D eigenvalue weighted by Gasteiger charge is -2.13. The molecule has 0 bridgehead atoms. The molecule has 0 aliphatic rings. The molecule has 3 aromatic carbocycles. The second-order valence-electron chi connectivity index (χ2n) is 7.59. The minimum Gasteiger partial charge on any atom is -0.452 e. The van der Waals surface area contributed by atoms with E-state index in [4.69, 9.17) is 4.74 Å². The van der Waals surface area contributed by atoms with Crippen molar-refractivity contribution in [2.75, 3.05) is 16.6 Å². The number of rotatable bonds is 8. The summed E-state index contributed by atoms with van der Waals surface area (Å²) >= 11 is 0. The number of sulfonamides is 1. The van der Waals surface area contributed by atoms with E-state index in [0.29, 0.717) is 11.4 Å². The topological polar surface area (TPSA) is 102 Å². The van der Waals surface area contributed by atoms with Gasteiger partial charge in [0.1, 0.15) is 0 Å². The number of benzene rings is 3. The van der Waals surface area contributed by atoms with Crippen LogP contribution in [-0.4, -0.2) is 26.9 Å². The molecule has 3 rings (SSSR count). The van der Waals surface area contributed by atoms with Gasteiger partial charge in [0.15, 0.2) is 6.61 Å². The lowest BCUT2D eigenvalue weighted by molar-refractivity contribution is -0.119. The highest BCUT2D eigenvalue weighted by atomic mass is 32.2. The largest absolute Gasteiger partial charge is 0.452 e. The summed E-state index contributed by atoms with van der Waals surface area (Å²) in [6.45, 7) is 5.28. The lowest BCUT2D eigenvalue weighted by Crippen LogP contribution is -2.22. The van der Waals surface area contributed by atoms with Gasteiger partial charge in [0.25, 0.3) is 15.9 Å². The molecule has 0 unspecified atom stereocenters. The van der Waals surface area contributed by atoms with Gasteiger partial charge in [-0.15, -0.1) is 0 Å². The molecule has 0 saturated heterocycles. The molecule has 8 heteroatoms. The van der Waals surface area contributed by atoms with E-state index in [2.05, 4.69) is 10.0 Å². The summed E-state index contributed by atoms with van der Waals surface area (Å²) in [7, 11) is -3.90. The summed E-state index contributed by atoms with van der Waals surface area (Å²) in [5.74, 6) is -1.27. The van der Waals surface area contributed by atoms with Crippen LogP contribution in [0.25, 0.3) is 0 Å². The number of carbonyl (C=O) groups excluding carboxylic acids is 2. The number of para-hydroxylation sites is 1. The summed E-state index contributed by atoms with van der Waals surface area (Å²) < 4.78 is 33.0. The quantitative estimate of drug-likeness (QED) is 0.477. The first-order valence-corrected chi connectivity index (χ1v) is 11.9. The third-order valence-corrected chi connectivity index (χ3v) is 6.40. The van der Waals surface area contributed by atoms with Gasteiger partial charge in [0, 0.05) is 11.4 Å². The van der Waals surface area contributed by atoms with Crippen molar-refractivity contribution in [1.82, 2.24) is 0 Å². The molecule has 0 aliphatic heterocycles. The van der Waals surface area contributed by atoms with E-state index in [1.165, 1.54) is 24.3 Å². The van der Waals surface area contributed by atoms with Crippen LogP contribution < -0.4 is 10.0 Å². The van der Waals surface area contributed by atoms with Gasteiger partial charge in [-0.3, -0.25) is 9.52 Å². The van der Waals surface area contributed by atoms with Crippen LogP contribution in [0.2, 0.25) is 0 Å². The number of anilines is 2. The smallest absolute Gasteiger partial charge is 0.338 e. The Hall–Kier alpha value is -3.65. The second kappa shape index (κ2) is 10.3. The first-order chi connectivity index (χ1) is 15.7. The summed E-state index contributed by atoms with van der Waals surface area (Å²) in [4.78, 5) is 24.7. The van der Waals surface area contributed by atoms with Crippen LogP contribution >= 0.6 is 0 Å². The molecule has 0 spiro atoms. The Kier molecular flexibility index (Phi) is 7.50. The number of carbonyl (C=O) groups is 2. The number of amides is 1. The maximum absolute atomic E-state index is 12.7. The van der Waals surface area contributed by atoms with Crippen LogP contribution in [0.15, 0.2) is 71.6 Å². The molecule has 0 heterocycles. The zero-order valence-electron chi connectivity index (χ0n) is 18.7. The highest BCUT2D eigenvalue weighted by Gasteiger charge is 2.18. The molecule has 7 nitrogen and oxygen atoms in total. The number of nitrogens with one attached hydrogen (secondary N) is 2. The molecule has 0 aliphatic carbocycles. The van der Waals surface area contributed by atoms with Gasteiger partial charge in [0.05, 0.1) is 10.5 Å². The van der Waals surface area contributed by atoms with Crippen LogP contribution in [0.4, 0.5) is 11.4 Å². The van der Waals surface area contributed by atoms with Crippen molar-refractivity contribution in [2.45, 2.75) is 32.1 Å². The number of hydrogen-bond donors (Lipinski definition) is 2. The maximum atomic E-state index is 12.7. The van der Waals surface area contributed by atoms with E-state index < -0.39 is 28.5 Å². The molecule has 3 aromatic rings. The van der Waals surface area contributed by atoms with Crippen LogP contribution in [0.5, 0.6) is 0 Å². The minimum absolute atomic E-state index is 0.0275. The van der Waals surface area contributed by atoms with Gasteiger partial charge in [0.2, 0.25) is 0 Å². The summed E-state index contributed by atoms with van der Waals surface area (Å²) in [5, 5.41) is 2.78. The first-order valence-electron chi connectivity index (χ1n) is 10.4. The molecule has 0 saturated carbocycles. The van der Waals surface area contributed by atoms with E-state index in [9.17, 15) is 18.0 Å². The van der Waals surface area contributed by atoms with Gasteiger partial charge in [-0.25, -0.2) is 13.2 Å². The summed E-state index contributed by atoms with van der Waals surface area (Å²) in [5.41, 5.74) is 4.03. The third kappa shape index (κ3) is 6.20. The first kappa shape index (κ1) is 24.0. The average Bonchev–Trinajstić information content (AvgIpc) is 2.80. The fourth-order valence-electron chi connectivity index (χ4n) is 3.22. The maximum Gasteiger partial charge on any atom is 0.338 e. The molecule has 0 fully saturated rings. The average molecular weight is 467 g/mol. The van der Waals surface area contributed by atoms with Crippen LogP contribution in [0.1, 0.15) is 34.0 Å². The second-order valence-corrected chi connectivity index (χ2v) is 9.27. The highest BCUT2D eigenvalue weighted by molar-refractivity contribution is 7.92. The third-order valence-electron chi connectivity index (χ3n) is 5.02. The highest BCUT2D eigenvalue weighted by Crippen LogP contribution is 2.21. The predicted octanol–water partition coefficient (Wildman–Crippen LogP) is 4.46. The summed E-state index contributed by atoms with van der Waals surface area (Å²) in [6, 6.07) is 18.1. The van der Waals surface area contributed by atoms with Crippen LogP contribution in [0.3, 0.4) is 0 Å². The van der Waals surface area contributed by atoms with Crippen molar-refractivity contribution >= 4 is 33.3 Å². The molecular weight excluding hydrogens is 440 g/mol. The Morgan fingerprint density at radius 1 is 0.939 bits per heavy atom. The lowest BCUT2D eigenvalue weighted by atomic mass is 10.1. The van der Waals surface area contributed by atoms with E-state index in [-0.39, 0.29) is 10.5 Å². The van der Waals surface area contributed by atoms with Gasteiger partial charge < -0.3 is 10.1 Å². The molecule has 2 N–H and O–H groups in total. The standard InChI is InChI=1S/C25H26N2O5S/c1-4-19-8-5-7-18(3)24(19)26-23(28)16-32-25(29)20-9-6-10-22(15-20)33(30,31)27-21-13-11-17(2)12-14-21/h5-15,27H,4,16H2,1-3H3,(H,26,28). The van der Waals surface area contributed by atoms with Gasteiger partial charge >= 0.3 is 5.97 Å². The Morgan fingerprint density at radius 3 is 2.33 bits per heavy atom. The van der Waals surface area contributed by atoms with Crippen molar-refractivity contribution in [3.8, 4) is 0 Å². The predicted molar refractivity (Wildman–Crippen MR) is 128 cm³/mol. The number of esters is 1. The van der Waals surface area contributed by atoms with Crippen LogP contribution in [-0.2, 0) is 26.0 Å². The molecule has 0 atom stereocenters. The van der Waals surface area contributed by atoms with Crippen molar-refractivity contribution in [1.29, 1.82) is 0 Å². The zero-order valence-corrected chi connectivity index (χ0v) is 19.5. The van der Waals surface area contributed by atoms with E-state index >= 15 is 0 Å². The van der Waals surface area contributed by atoms with Crippen molar-refractivity contribution in [2.24, 2.45) is 0 Å². The summed E-state index contributed by atoms with van der Waals surface area (Å²) in [6.07, 6.45) is 0.745. The van der Waals surface area contributed by atoms with Crippen molar-refractivity contribution < 1.29 is 22.7 Å². The fraction of sp³-hybridized carbons (Fsp3) is 0.200. The zero-order chi connectivity index (χ0) is 24.0. The number of hydrogen-bond acceptors (Lipinski definition) is 5. The normalized spacial score (nSPS) is 11.0. The van der Waals surface area contributed by atoms with Gasteiger partial charge in [-0.2, -0.15) is 0 Å². The SMILES string of the molecule is CCc1cccc(C)c1NC(=O)COC(=O)c1cccc(S(=O)(=O)Nc2ccc(C)cc2)c1. The van der Waals surface area contributed by atoms with Crippen molar-refractivity contribution in [3.05, 3.63) is 89.0 Å². The fourth-order valence-corrected chi connectivity index (χ4v) is 4.32. The number of aryl methyl sites for hydroxylation is 3. The molecule has 0 radical (unpaired) electrons. The van der Waals surface area contributed by atoms with Crippen molar-refractivity contribution in [3.63, 3.8) is 0 Å². The minimum atomic E-state index is -3.90. The Labute approximate surface area is 193 Å². The Balaban J connectivity index is 1.66. The Morgan fingerprint density at radius 2 is 1.64 bits per heavy atom. The monoisotopic (exact) mass is 466 g/mol. The molecular formula is C25H26N2O5S. The van der Waals surface area contributed by atoms with Gasteiger partial charge in [-0.05, 0) is 61.7 Å². The number of ether oxygens (including phenoxy) is 1. The molecule has 1 amide bonds. The molecule has 0 aromatic heterocycles. The van der Waals surface area contributed by atoms with E-state index in [1.54, 1.807) is 24.3 Å². The van der Waals surface area contributed by atoms with E-state index in [1.807, 2.05) is 39.0 Å². The Bertz CT molecular complexity index is 1270. The van der Waals surface area contributed by atoms with Crippen LogP contribution in [0, 0.1) is 13.8 Å². The van der Waals surface area contributed by atoms with E-state index in [0.717, 1.165) is 23.1 Å². The molecule has 172 valence electrons.